The number of hydrogen-bond donors (Lipinski definition) is 1. The van der Waals surface area contributed by atoms with E-state index in [1.165, 1.54) is 37.7 Å². The van der Waals surface area contributed by atoms with Crippen LogP contribution in [0.3, 0.4) is 0 Å². The predicted molar refractivity (Wildman–Crippen MR) is 103 cm³/mol. The summed E-state index contributed by atoms with van der Waals surface area (Å²) in [6.07, 6.45) is 11.1. The summed E-state index contributed by atoms with van der Waals surface area (Å²) in [5.74, 6) is 0.880. The lowest BCUT2D eigenvalue weighted by Crippen LogP contribution is -2.38. The average molecular weight is 371 g/mol. The van der Waals surface area contributed by atoms with Crippen molar-refractivity contribution in [1.82, 2.24) is 20.1 Å². The molecular weight excluding hydrogens is 343 g/mol. The maximum Gasteiger partial charge on any atom is 0.137 e. The van der Waals surface area contributed by atoms with Gasteiger partial charge in [0, 0.05) is 12.6 Å². The van der Waals surface area contributed by atoms with E-state index in [1.54, 1.807) is 12.7 Å². The topological polar surface area (TPSA) is 42.7 Å². The first-order chi connectivity index (χ1) is 10.9. The number of rotatable bonds is 7. The van der Waals surface area contributed by atoms with E-state index >= 15 is 0 Å². The Bertz CT molecular complexity index is 533. The largest absolute Gasteiger partial charge is 0.314 e. The van der Waals surface area contributed by atoms with E-state index in [1.807, 2.05) is 4.68 Å². The lowest BCUT2D eigenvalue weighted by molar-refractivity contribution is 0.266. The van der Waals surface area contributed by atoms with E-state index in [9.17, 15) is 0 Å². The van der Waals surface area contributed by atoms with Crippen LogP contribution >= 0.6 is 24.8 Å². The van der Waals surface area contributed by atoms with E-state index in [0.717, 1.165) is 25.4 Å². The molecule has 1 aromatic heterocycles. The molecule has 6 heteroatoms. The third kappa shape index (κ3) is 6.80. The minimum atomic E-state index is 0. The van der Waals surface area contributed by atoms with Crippen LogP contribution in [0.25, 0.3) is 0 Å². The van der Waals surface area contributed by atoms with Crippen molar-refractivity contribution in [2.75, 3.05) is 6.54 Å². The van der Waals surface area contributed by atoms with Crippen LogP contribution in [0.1, 0.15) is 37.7 Å². The van der Waals surface area contributed by atoms with Gasteiger partial charge in [-0.25, -0.2) is 4.98 Å². The van der Waals surface area contributed by atoms with Gasteiger partial charge in [0.15, 0.2) is 0 Å². The number of aryl methyl sites for hydroxylation is 2. The van der Waals surface area contributed by atoms with Crippen LogP contribution in [0.5, 0.6) is 0 Å². The van der Waals surface area contributed by atoms with Gasteiger partial charge < -0.3 is 5.32 Å². The van der Waals surface area contributed by atoms with Gasteiger partial charge in [0.05, 0.1) is 0 Å². The average Bonchev–Trinajstić information content (AvgIpc) is 3.08. The van der Waals surface area contributed by atoms with Crippen molar-refractivity contribution in [3.63, 3.8) is 0 Å². The minimum absolute atomic E-state index is 0. The predicted octanol–water partition coefficient (Wildman–Crippen LogP) is 3.90. The molecular formula is C18H28Cl2N4. The molecule has 1 aliphatic rings. The maximum atomic E-state index is 4.18. The normalized spacial score (nSPS) is 20.0. The van der Waals surface area contributed by atoms with E-state index < -0.39 is 0 Å². The van der Waals surface area contributed by atoms with Gasteiger partial charge in [0.1, 0.15) is 12.7 Å². The van der Waals surface area contributed by atoms with Gasteiger partial charge >= 0.3 is 0 Å². The Labute approximate surface area is 157 Å². The van der Waals surface area contributed by atoms with Crippen LogP contribution in [0.2, 0.25) is 0 Å². The van der Waals surface area contributed by atoms with Gasteiger partial charge in [-0.3, -0.25) is 4.68 Å². The molecule has 2 heterocycles. The number of hydrogen-bond acceptors (Lipinski definition) is 3. The summed E-state index contributed by atoms with van der Waals surface area (Å²) in [6, 6.07) is 11.5. The smallest absolute Gasteiger partial charge is 0.137 e. The van der Waals surface area contributed by atoms with E-state index in [2.05, 4.69) is 45.7 Å². The molecule has 0 aliphatic carbocycles. The highest BCUT2D eigenvalue weighted by Gasteiger charge is 2.20. The maximum absolute atomic E-state index is 4.18. The van der Waals surface area contributed by atoms with E-state index in [4.69, 9.17) is 0 Å². The third-order valence-electron chi connectivity index (χ3n) is 4.70. The third-order valence-corrected chi connectivity index (χ3v) is 4.70. The number of nitrogens with zero attached hydrogens (tertiary/aromatic N) is 3. The number of piperidine rings is 1. The molecule has 0 bridgehead atoms. The molecule has 134 valence electrons. The molecule has 1 N–H and O–H groups in total. The Morgan fingerprint density at radius 3 is 2.71 bits per heavy atom. The highest BCUT2D eigenvalue weighted by Crippen LogP contribution is 2.23. The summed E-state index contributed by atoms with van der Waals surface area (Å²) < 4.78 is 1.93. The second-order valence-corrected chi connectivity index (χ2v) is 6.37. The first-order valence-electron chi connectivity index (χ1n) is 8.50. The first kappa shape index (κ1) is 20.9. The number of aromatic nitrogens is 3. The van der Waals surface area contributed by atoms with Crippen LogP contribution in [-0.4, -0.2) is 27.4 Å². The van der Waals surface area contributed by atoms with Crippen LogP contribution in [0, 0.1) is 5.92 Å². The van der Waals surface area contributed by atoms with Crippen LogP contribution in [0.4, 0.5) is 0 Å². The highest BCUT2D eigenvalue weighted by atomic mass is 35.5. The van der Waals surface area contributed by atoms with Gasteiger partial charge in [-0.05, 0) is 50.1 Å². The number of benzene rings is 1. The Morgan fingerprint density at radius 1 is 1.12 bits per heavy atom. The van der Waals surface area contributed by atoms with Crippen molar-refractivity contribution in [2.24, 2.45) is 5.92 Å². The Balaban J connectivity index is 0.00000144. The molecule has 0 amide bonds. The lowest BCUT2D eigenvalue weighted by atomic mass is 9.86. The molecule has 2 atom stereocenters. The first-order valence-corrected chi connectivity index (χ1v) is 8.50. The van der Waals surface area contributed by atoms with Gasteiger partial charge in [-0.2, -0.15) is 5.10 Å². The van der Waals surface area contributed by atoms with Gasteiger partial charge in [0.2, 0.25) is 0 Å². The van der Waals surface area contributed by atoms with E-state index in [0.29, 0.717) is 6.04 Å². The van der Waals surface area contributed by atoms with Crippen molar-refractivity contribution in [3.8, 4) is 0 Å². The Morgan fingerprint density at radius 2 is 1.96 bits per heavy atom. The highest BCUT2D eigenvalue weighted by molar-refractivity contribution is 5.85. The second-order valence-electron chi connectivity index (χ2n) is 6.37. The zero-order valence-electron chi connectivity index (χ0n) is 14.0. The Hall–Kier alpha value is -1.10. The number of nitrogens with one attached hydrogen (secondary N) is 1. The SMILES string of the molecule is Cl.Cl.c1ccc(CCCC2CCNC(CCn3cncn3)C2)cc1. The standard InChI is InChI=1S/C18H26N4.2ClH/c1-2-5-16(6-3-1)7-4-8-17-9-11-20-18(13-17)10-12-22-15-19-14-21-22;;/h1-3,5-6,14-15,17-18,20H,4,7-13H2;2*1H. The van der Waals surface area contributed by atoms with Crippen molar-refractivity contribution >= 4 is 24.8 Å². The molecule has 4 nitrogen and oxygen atoms in total. The Kier molecular flexibility index (Phi) is 9.99. The summed E-state index contributed by atoms with van der Waals surface area (Å²) in [5.41, 5.74) is 1.47. The zero-order chi connectivity index (χ0) is 15.0. The van der Waals surface area contributed by atoms with E-state index in [-0.39, 0.29) is 24.8 Å². The fraction of sp³-hybridized carbons (Fsp3) is 0.556. The van der Waals surface area contributed by atoms with Crippen molar-refractivity contribution in [3.05, 3.63) is 48.5 Å². The summed E-state index contributed by atoms with van der Waals surface area (Å²) >= 11 is 0. The fourth-order valence-electron chi connectivity index (χ4n) is 3.45. The van der Waals surface area contributed by atoms with Crippen LogP contribution in [0.15, 0.2) is 43.0 Å². The van der Waals surface area contributed by atoms with Crippen molar-refractivity contribution < 1.29 is 0 Å². The van der Waals surface area contributed by atoms with Gasteiger partial charge in [-0.1, -0.05) is 36.8 Å². The number of halogens is 2. The van der Waals surface area contributed by atoms with Gasteiger partial charge in [-0.15, -0.1) is 24.8 Å². The second kappa shape index (κ2) is 11.5. The summed E-state index contributed by atoms with van der Waals surface area (Å²) in [4.78, 5) is 4.00. The summed E-state index contributed by atoms with van der Waals surface area (Å²) in [6.45, 7) is 2.13. The summed E-state index contributed by atoms with van der Waals surface area (Å²) in [5, 5.41) is 7.84. The van der Waals surface area contributed by atoms with Crippen molar-refractivity contribution in [1.29, 1.82) is 0 Å². The van der Waals surface area contributed by atoms with Crippen molar-refractivity contribution in [2.45, 2.75) is 51.1 Å². The molecule has 0 radical (unpaired) electrons. The quantitative estimate of drug-likeness (QED) is 0.803. The molecule has 1 aliphatic heterocycles. The molecule has 1 aromatic carbocycles. The molecule has 2 aromatic rings. The van der Waals surface area contributed by atoms with Gasteiger partial charge in [0.25, 0.3) is 0 Å². The zero-order valence-corrected chi connectivity index (χ0v) is 15.6. The van der Waals surface area contributed by atoms with Crippen LogP contribution < -0.4 is 5.32 Å². The molecule has 1 fully saturated rings. The summed E-state index contributed by atoms with van der Waals surface area (Å²) in [7, 11) is 0. The molecule has 3 rings (SSSR count). The monoisotopic (exact) mass is 370 g/mol. The molecule has 0 spiro atoms. The molecule has 24 heavy (non-hydrogen) atoms. The molecule has 0 saturated carbocycles. The minimum Gasteiger partial charge on any atom is -0.314 e. The molecule has 1 saturated heterocycles. The fourth-order valence-corrected chi connectivity index (χ4v) is 3.45. The van der Waals surface area contributed by atoms with Crippen LogP contribution in [-0.2, 0) is 13.0 Å². The molecule has 2 unspecified atom stereocenters. The lowest BCUT2D eigenvalue weighted by Gasteiger charge is -2.30.